The number of nitrogens with one attached hydrogen (secondary N) is 2. The number of tetrazole rings is 1. The maximum Gasteiger partial charge on any atom is 0.241 e. The second kappa shape index (κ2) is 9.80. The van der Waals surface area contributed by atoms with Gasteiger partial charge in [0, 0.05) is 25.3 Å². The van der Waals surface area contributed by atoms with E-state index >= 15 is 0 Å². The van der Waals surface area contributed by atoms with Gasteiger partial charge in [0.2, 0.25) is 5.91 Å². The highest BCUT2D eigenvalue weighted by Gasteiger charge is 2.29. The number of nitrogens with zero attached hydrogens (tertiary/aromatic N) is 6. The number of morpholine rings is 1. The molecule has 0 bridgehead atoms. The molecule has 31 heavy (non-hydrogen) atoms. The number of aromatic nitrogens is 6. The van der Waals surface area contributed by atoms with Gasteiger partial charge < -0.3 is 10.1 Å². The van der Waals surface area contributed by atoms with Gasteiger partial charge in [-0.1, -0.05) is 30.3 Å². The predicted molar refractivity (Wildman–Crippen MR) is 113 cm³/mol. The Morgan fingerprint density at radius 2 is 2.00 bits per heavy atom. The van der Waals surface area contributed by atoms with Crippen molar-refractivity contribution in [2.45, 2.75) is 32.9 Å². The summed E-state index contributed by atoms with van der Waals surface area (Å²) in [5, 5.41) is 22.4. The molecular weight excluding hydrogens is 396 g/mol. The van der Waals surface area contributed by atoms with Crippen LogP contribution < -0.4 is 5.32 Å². The van der Waals surface area contributed by atoms with Gasteiger partial charge in [0.25, 0.3) is 0 Å². The molecule has 164 valence electrons. The SMILES string of the molecule is Cc1n[nH]c(C)c1CCNC(=O)Cn1nnnc1[C@@H](c1ccccc1)N1CCOCC1. The Morgan fingerprint density at radius 3 is 2.71 bits per heavy atom. The van der Waals surface area contributed by atoms with Gasteiger partial charge in [-0.05, 0) is 41.8 Å². The van der Waals surface area contributed by atoms with E-state index in [0.717, 1.165) is 42.0 Å². The number of H-pyrrole nitrogens is 1. The third-order valence-corrected chi connectivity index (χ3v) is 5.60. The number of aryl methyl sites for hydroxylation is 2. The standard InChI is InChI=1S/C21H28N8O2/c1-15-18(16(2)24-23-15)8-9-22-19(30)14-29-21(25-26-27-29)20(17-6-4-3-5-7-17)28-10-12-31-13-11-28/h3-7,20H,8-14H2,1-2H3,(H,22,30)(H,23,24)/t20-/m1/s1. The Kier molecular flexibility index (Phi) is 6.68. The Balaban J connectivity index is 1.45. The first kappa shape index (κ1) is 21.1. The summed E-state index contributed by atoms with van der Waals surface area (Å²) in [7, 11) is 0. The molecule has 0 radical (unpaired) electrons. The average Bonchev–Trinajstić information content (AvgIpc) is 3.37. The van der Waals surface area contributed by atoms with Crippen LogP contribution in [-0.2, 0) is 22.5 Å². The minimum Gasteiger partial charge on any atom is -0.379 e. The van der Waals surface area contributed by atoms with Crippen molar-refractivity contribution in [3.8, 4) is 0 Å². The van der Waals surface area contributed by atoms with Gasteiger partial charge in [-0.2, -0.15) is 5.10 Å². The molecular formula is C21H28N8O2. The van der Waals surface area contributed by atoms with Crippen molar-refractivity contribution in [1.29, 1.82) is 0 Å². The number of amides is 1. The van der Waals surface area contributed by atoms with Crippen LogP contribution in [0.1, 0.15) is 34.4 Å². The van der Waals surface area contributed by atoms with Crippen molar-refractivity contribution in [1.82, 2.24) is 40.6 Å². The molecule has 1 aliphatic rings. The summed E-state index contributed by atoms with van der Waals surface area (Å²) in [4.78, 5) is 14.9. The number of ether oxygens (including phenoxy) is 1. The molecule has 1 fully saturated rings. The minimum absolute atomic E-state index is 0.0688. The van der Waals surface area contributed by atoms with Gasteiger partial charge in [-0.15, -0.1) is 5.10 Å². The van der Waals surface area contributed by atoms with Gasteiger partial charge in [0.1, 0.15) is 6.54 Å². The lowest BCUT2D eigenvalue weighted by Crippen LogP contribution is -2.41. The quantitative estimate of drug-likeness (QED) is 0.550. The first-order valence-electron chi connectivity index (χ1n) is 10.5. The van der Waals surface area contributed by atoms with Gasteiger partial charge in [0.05, 0.1) is 24.9 Å². The zero-order chi connectivity index (χ0) is 21.6. The van der Waals surface area contributed by atoms with Crippen LogP contribution in [0.4, 0.5) is 0 Å². The Hall–Kier alpha value is -3.11. The fourth-order valence-electron chi connectivity index (χ4n) is 3.98. The number of carbonyl (C=O) groups excluding carboxylic acids is 1. The van der Waals surface area contributed by atoms with Gasteiger partial charge >= 0.3 is 0 Å². The molecule has 0 saturated carbocycles. The highest BCUT2D eigenvalue weighted by atomic mass is 16.5. The summed E-state index contributed by atoms with van der Waals surface area (Å²) >= 11 is 0. The third kappa shape index (κ3) is 4.97. The molecule has 2 N–H and O–H groups in total. The van der Waals surface area contributed by atoms with E-state index in [1.165, 1.54) is 0 Å². The van der Waals surface area contributed by atoms with E-state index in [1.54, 1.807) is 4.68 Å². The second-order valence-electron chi connectivity index (χ2n) is 7.67. The van der Waals surface area contributed by atoms with Crippen molar-refractivity contribution in [2.24, 2.45) is 0 Å². The van der Waals surface area contributed by atoms with Crippen molar-refractivity contribution in [3.05, 3.63) is 58.7 Å². The van der Waals surface area contributed by atoms with Crippen molar-refractivity contribution in [3.63, 3.8) is 0 Å². The average molecular weight is 425 g/mol. The fraction of sp³-hybridized carbons (Fsp3) is 0.476. The van der Waals surface area contributed by atoms with Crippen LogP contribution in [0.5, 0.6) is 0 Å². The first-order chi connectivity index (χ1) is 15.1. The number of aromatic amines is 1. The molecule has 1 aliphatic heterocycles. The lowest BCUT2D eigenvalue weighted by molar-refractivity contribution is -0.121. The fourth-order valence-corrected chi connectivity index (χ4v) is 3.98. The molecule has 2 aromatic heterocycles. The summed E-state index contributed by atoms with van der Waals surface area (Å²) in [6, 6.07) is 9.99. The van der Waals surface area contributed by atoms with E-state index < -0.39 is 0 Å². The van der Waals surface area contributed by atoms with Crippen LogP contribution in [0.25, 0.3) is 0 Å². The van der Waals surface area contributed by atoms with E-state index in [0.29, 0.717) is 25.6 Å². The molecule has 0 unspecified atom stereocenters. The molecule has 3 heterocycles. The lowest BCUT2D eigenvalue weighted by Gasteiger charge is -2.33. The predicted octanol–water partition coefficient (Wildman–Crippen LogP) is 0.794. The minimum atomic E-state index is -0.135. The number of carbonyl (C=O) groups is 1. The summed E-state index contributed by atoms with van der Waals surface area (Å²) in [6.45, 7) is 7.44. The lowest BCUT2D eigenvalue weighted by atomic mass is 10.0. The Bertz CT molecular complexity index is 974. The Morgan fingerprint density at radius 1 is 1.23 bits per heavy atom. The highest BCUT2D eigenvalue weighted by Crippen LogP contribution is 2.27. The topological polar surface area (TPSA) is 114 Å². The molecule has 10 heteroatoms. The normalized spacial score (nSPS) is 15.7. The van der Waals surface area contributed by atoms with Crippen LogP contribution in [0.15, 0.2) is 30.3 Å². The molecule has 0 spiro atoms. The van der Waals surface area contributed by atoms with Crippen LogP contribution in [0, 0.1) is 13.8 Å². The van der Waals surface area contributed by atoms with Crippen LogP contribution in [0.3, 0.4) is 0 Å². The van der Waals surface area contributed by atoms with Crippen LogP contribution >= 0.6 is 0 Å². The number of hydrogen-bond donors (Lipinski definition) is 2. The van der Waals surface area contributed by atoms with Crippen LogP contribution in [-0.4, -0.2) is 74.1 Å². The Labute approximate surface area is 181 Å². The second-order valence-corrected chi connectivity index (χ2v) is 7.67. The van der Waals surface area contributed by atoms with Crippen molar-refractivity contribution < 1.29 is 9.53 Å². The van der Waals surface area contributed by atoms with E-state index in [9.17, 15) is 4.79 Å². The summed E-state index contributed by atoms with van der Waals surface area (Å²) in [5.41, 5.74) is 4.23. The molecule has 1 aromatic carbocycles. The smallest absolute Gasteiger partial charge is 0.241 e. The molecule has 10 nitrogen and oxygen atoms in total. The zero-order valence-electron chi connectivity index (χ0n) is 17.9. The van der Waals surface area contributed by atoms with Crippen molar-refractivity contribution >= 4 is 5.91 Å². The molecule has 4 rings (SSSR count). The number of benzene rings is 1. The van der Waals surface area contributed by atoms with E-state index in [-0.39, 0.29) is 18.5 Å². The van der Waals surface area contributed by atoms with Gasteiger partial charge in [-0.3, -0.25) is 14.8 Å². The largest absolute Gasteiger partial charge is 0.379 e. The molecule has 1 saturated heterocycles. The number of rotatable bonds is 8. The maximum absolute atomic E-state index is 12.6. The number of hydrogen-bond acceptors (Lipinski definition) is 7. The third-order valence-electron chi connectivity index (χ3n) is 5.60. The molecule has 0 aliphatic carbocycles. The summed E-state index contributed by atoms with van der Waals surface area (Å²) < 4.78 is 7.11. The maximum atomic E-state index is 12.6. The van der Waals surface area contributed by atoms with Gasteiger partial charge in [-0.25, -0.2) is 4.68 Å². The van der Waals surface area contributed by atoms with E-state index in [2.05, 4.69) is 48.1 Å². The highest BCUT2D eigenvalue weighted by molar-refractivity contribution is 5.75. The first-order valence-corrected chi connectivity index (χ1v) is 10.5. The van der Waals surface area contributed by atoms with Crippen molar-refractivity contribution in [2.75, 3.05) is 32.8 Å². The van der Waals surface area contributed by atoms with Crippen LogP contribution in [0.2, 0.25) is 0 Å². The van der Waals surface area contributed by atoms with Gasteiger partial charge in [0.15, 0.2) is 5.82 Å². The summed E-state index contributed by atoms with van der Waals surface area (Å²) in [6.07, 6.45) is 0.725. The summed E-state index contributed by atoms with van der Waals surface area (Å²) in [5.74, 6) is 0.533. The monoisotopic (exact) mass is 424 g/mol. The van der Waals surface area contributed by atoms with E-state index in [1.807, 2.05) is 32.0 Å². The molecule has 1 amide bonds. The zero-order valence-corrected chi connectivity index (χ0v) is 17.9. The molecule has 3 aromatic rings. The molecule has 1 atom stereocenters. The van der Waals surface area contributed by atoms with E-state index in [4.69, 9.17) is 4.74 Å².